The molecule has 9 nitrogen and oxygen atoms in total. The number of rotatable bonds is 8. The van der Waals surface area contributed by atoms with Gasteiger partial charge < -0.3 is 32.8 Å². The van der Waals surface area contributed by atoms with Gasteiger partial charge in [-0.1, -0.05) is 81.4 Å². The first-order valence-corrected chi connectivity index (χ1v) is 18.4. The van der Waals surface area contributed by atoms with Crippen LogP contribution in [0.5, 0.6) is 11.5 Å². The minimum Gasteiger partial charge on any atom is -0.486 e. The largest absolute Gasteiger partial charge is 0.486 e. The Hall–Kier alpha value is -3.41. The summed E-state index contributed by atoms with van der Waals surface area (Å²) < 4.78 is 45.2. The molecule has 10 heteroatoms. The standard InChI is InChI=1S/C38H47NO8Si/c1-35(2,3)48-47-38(26-12-8-6-9-13-26,27-14-10-7-11-15-27)33-37(19-18-29(44-33)23-30-24-43-36(4,5)45-30)25-39(34(40)46-37)28-16-17-31-32(22-28)42-21-20-41-31/h6-17,22,29-30,33H,18-21,23-25,48H2,1-5H3/t29-,30?,33+,37+/m0/s1. The highest BCUT2D eigenvalue weighted by molar-refractivity contribution is 6.32. The second-order valence-electron chi connectivity index (χ2n) is 15.0. The van der Waals surface area contributed by atoms with Crippen LogP contribution in [0.15, 0.2) is 78.9 Å². The van der Waals surface area contributed by atoms with E-state index in [4.69, 9.17) is 32.8 Å². The number of benzene rings is 3. The summed E-state index contributed by atoms with van der Waals surface area (Å²) in [6.07, 6.45) is 0.570. The van der Waals surface area contributed by atoms with E-state index in [1.54, 1.807) is 4.90 Å². The van der Waals surface area contributed by atoms with E-state index in [0.717, 1.165) is 11.1 Å². The molecular formula is C38H47NO8Si. The molecule has 3 aromatic carbocycles. The van der Waals surface area contributed by atoms with E-state index in [1.807, 2.05) is 68.4 Å². The molecular weight excluding hydrogens is 627 g/mol. The van der Waals surface area contributed by atoms with Crippen LogP contribution in [0.2, 0.25) is 5.04 Å². The number of hydrogen-bond donors (Lipinski definition) is 0. The Morgan fingerprint density at radius 1 is 0.896 bits per heavy atom. The molecule has 1 amide bonds. The van der Waals surface area contributed by atoms with E-state index < -0.39 is 38.9 Å². The second-order valence-corrected chi connectivity index (χ2v) is 17.7. The number of amides is 1. The van der Waals surface area contributed by atoms with E-state index in [0.29, 0.717) is 62.8 Å². The van der Waals surface area contributed by atoms with Gasteiger partial charge in [-0.2, -0.15) is 0 Å². The monoisotopic (exact) mass is 673 g/mol. The predicted molar refractivity (Wildman–Crippen MR) is 184 cm³/mol. The highest BCUT2D eigenvalue weighted by atomic mass is 28.2. The molecule has 0 aromatic heterocycles. The molecule has 0 bridgehead atoms. The summed E-state index contributed by atoms with van der Waals surface area (Å²) in [4.78, 5) is 15.7. The minimum absolute atomic E-state index is 0.0275. The van der Waals surface area contributed by atoms with Crippen LogP contribution in [0, 0.1) is 0 Å². The van der Waals surface area contributed by atoms with Crippen molar-refractivity contribution >= 4 is 21.5 Å². The van der Waals surface area contributed by atoms with Crippen molar-refractivity contribution < 1.29 is 37.6 Å². The van der Waals surface area contributed by atoms with Crippen molar-refractivity contribution in [3.63, 3.8) is 0 Å². The molecule has 3 fully saturated rings. The van der Waals surface area contributed by atoms with Gasteiger partial charge in [-0.3, -0.25) is 4.90 Å². The van der Waals surface area contributed by atoms with Gasteiger partial charge in [0.25, 0.3) is 0 Å². The summed E-state index contributed by atoms with van der Waals surface area (Å²) in [5.41, 5.74) is 0.541. The zero-order chi connectivity index (χ0) is 33.6. The van der Waals surface area contributed by atoms with Gasteiger partial charge in [-0.15, -0.1) is 0 Å². The fourth-order valence-electron chi connectivity index (χ4n) is 7.40. The second kappa shape index (κ2) is 12.8. The highest BCUT2D eigenvalue weighted by Gasteiger charge is 2.63. The lowest BCUT2D eigenvalue weighted by molar-refractivity contribution is -0.222. The SMILES string of the molecule is CC1(C)OCC(C[C@@H]2CC[C@@]3(CN(c4ccc5c(c4)OCCO5)C(=O)O3)[C@H](C(O[SiH2]C(C)(C)C)(c3ccccc3)c3ccccc3)O2)O1. The molecule has 3 saturated heterocycles. The zero-order valence-electron chi connectivity index (χ0n) is 28.6. The van der Waals surface area contributed by atoms with Gasteiger partial charge in [0.1, 0.15) is 24.9 Å². The van der Waals surface area contributed by atoms with Crippen LogP contribution in [-0.4, -0.2) is 71.9 Å². The van der Waals surface area contributed by atoms with Gasteiger partial charge >= 0.3 is 6.09 Å². The van der Waals surface area contributed by atoms with Crippen LogP contribution >= 0.6 is 0 Å². The maximum Gasteiger partial charge on any atom is 0.415 e. The molecule has 256 valence electrons. The number of ether oxygens (including phenoxy) is 6. The molecule has 0 N–H and O–H groups in total. The van der Waals surface area contributed by atoms with E-state index >= 15 is 0 Å². The third-order valence-electron chi connectivity index (χ3n) is 9.57. The zero-order valence-corrected chi connectivity index (χ0v) is 30.0. The van der Waals surface area contributed by atoms with E-state index in [-0.39, 0.29) is 17.2 Å². The van der Waals surface area contributed by atoms with Gasteiger partial charge in [0.15, 0.2) is 32.7 Å². The van der Waals surface area contributed by atoms with Gasteiger partial charge in [0, 0.05) is 12.5 Å². The quantitative estimate of drug-likeness (QED) is 0.251. The van der Waals surface area contributed by atoms with Gasteiger partial charge in [-0.25, -0.2) is 4.79 Å². The maximum atomic E-state index is 14.0. The molecule has 7 rings (SSSR count). The lowest BCUT2D eigenvalue weighted by atomic mass is 9.71. The number of nitrogens with zero attached hydrogens (tertiary/aromatic N) is 1. The Labute approximate surface area is 285 Å². The number of fused-ring (bicyclic) bond motifs is 1. The van der Waals surface area contributed by atoms with E-state index in [2.05, 4.69) is 45.0 Å². The summed E-state index contributed by atoms with van der Waals surface area (Å²) in [7, 11) is -1.18. The normalized spacial score (nSPS) is 27.1. The molecule has 4 atom stereocenters. The van der Waals surface area contributed by atoms with E-state index in [9.17, 15) is 4.79 Å². The summed E-state index contributed by atoms with van der Waals surface area (Å²) in [6, 6.07) is 26.2. The number of hydrogen-bond acceptors (Lipinski definition) is 8. The van der Waals surface area contributed by atoms with Crippen molar-refractivity contribution in [2.75, 3.05) is 31.3 Å². The summed E-state index contributed by atoms with van der Waals surface area (Å²) in [5.74, 6) is 0.653. The molecule has 3 aromatic rings. The summed E-state index contributed by atoms with van der Waals surface area (Å²) in [6.45, 7) is 12.3. The van der Waals surface area contributed by atoms with Crippen LogP contribution in [0.4, 0.5) is 10.5 Å². The van der Waals surface area contributed by atoms with Crippen LogP contribution in [0.25, 0.3) is 0 Å². The van der Waals surface area contributed by atoms with Crippen molar-refractivity contribution in [2.45, 2.75) is 94.2 Å². The van der Waals surface area contributed by atoms with Crippen molar-refractivity contribution in [1.29, 1.82) is 0 Å². The molecule has 0 radical (unpaired) electrons. The topological polar surface area (TPSA) is 84.9 Å². The number of carbonyl (C=O) groups is 1. The van der Waals surface area contributed by atoms with Crippen LogP contribution < -0.4 is 14.4 Å². The Morgan fingerprint density at radius 3 is 2.19 bits per heavy atom. The molecule has 48 heavy (non-hydrogen) atoms. The van der Waals surface area contributed by atoms with Crippen LogP contribution in [0.1, 0.15) is 65.0 Å². The maximum absolute atomic E-state index is 14.0. The molecule has 4 aliphatic heterocycles. The van der Waals surface area contributed by atoms with Gasteiger partial charge in [0.05, 0.1) is 31.0 Å². The fraction of sp³-hybridized carbons (Fsp3) is 0.500. The third-order valence-corrected chi connectivity index (χ3v) is 11.0. The smallest absolute Gasteiger partial charge is 0.415 e. The first-order valence-electron chi connectivity index (χ1n) is 17.1. The first-order chi connectivity index (χ1) is 23.0. The highest BCUT2D eigenvalue weighted by Crippen LogP contribution is 2.52. The third kappa shape index (κ3) is 6.48. The van der Waals surface area contributed by atoms with Gasteiger partial charge in [-0.05, 0) is 55.0 Å². The molecule has 1 unspecified atom stereocenters. The van der Waals surface area contributed by atoms with Crippen molar-refractivity contribution in [1.82, 2.24) is 0 Å². The lowest BCUT2D eigenvalue weighted by Crippen LogP contribution is -2.63. The molecule has 0 aliphatic carbocycles. The van der Waals surface area contributed by atoms with Crippen molar-refractivity contribution in [3.8, 4) is 11.5 Å². The predicted octanol–water partition coefficient (Wildman–Crippen LogP) is 6.51. The number of anilines is 1. The fourth-order valence-corrected chi connectivity index (χ4v) is 8.55. The molecule has 4 aliphatic rings. The molecule has 4 heterocycles. The van der Waals surface area contributed by atoms with Crippen molar-refractivity contribution in [2.24, 2.45) is 0 Å². The molecule has 0 saturated carbocycles. The Kier molecular flexibility index (Phi) is 8.83. The van der Waals surface area contributed by atoms with Crippen LogP contribution in [-0.2, 0) is 29.0 Å². The Balaban J connectivity index is 1.34. The summed E-state index contributed by atoms with van der Waals surface area (Å²) >= 11 is 0. The average molecular weight is 674 g/mol. The van der Waals surface area contributed by atoms with E-state index in [1.165, 1.54) is 0 Å². The minimum atomic E-state index is -1.18. The molecule has 1 spiro atoms. The Morgan fingerprint density at radius 2 is 1.56 bits per heavy atom. The van der Waals surface area contributed by atoms with Gasteiger partial charge in [0.2, 0.25) is 0 Å². The lowest BCUT2D eigenvalue weighted by Gasteiger charge is -2.52. The number of carbonyl (C=O) groups excluding carboxylic acids is 1. The Bertz CT molecular complexity index is 1560. The van der Waals surface area contributed by atoms with Crippen LogP contribution in [0.3, 0.4) is 0 Å². The first kappa shape index (κ1) is 33.1. The average Bonchev–Trinajstić information content (AvgIpc) is 3.60. The summed E-state index contributed by atoms with van der Waals surface area (Å²) in [5, 5.41) is -0.0275. The van der Waals surface area contributed by atoms with Crippen molar-refractivity contribution in [3.05, 3.63) is 90.0 Å².